The average molecular weight is 217 g/mol. The molecule has 1 unspecified atom stereocenters. The molecule has 2 atom stereocenters. The first-order valence-electron chi connectivity index (χ1n) is 5.52. The van der Waals surface area contributed by atoms with Gasteiger partial charge in [-0.15, -0.1) is 0 Å². The Labute approximate surface area is 95.1 Å². The van der Waals surface area contributed by atoms with Crippen molar-refractivity contribution in [1.29, 1.82) is 0 Å². The Hall–Kier alpha value is -1.64. The second-order valence-corrected chi connectivity index (χ2v) is 4.23. The van der Waals surface area contributed by atoms with Gasteiger partial charge >= 0.3 is 0 Å². The number of hydrogen-bond donors (Lipinski definition) is 0. The van der Waals surface area contributed by atoms with Gasteiger partial charge in [0.25, 0.3) is 0 Å². The minimum atomic E-state index is -0.126. The highest BCUT2D eigenvalue weighted by molar-refractivity contribution is 5.83. The number of carbonyl (C=O) groups is 2. The molecule has 0 aliphatic carbocycles. The summed E-state index contributed by atoms with van der Waals surface area (Å²) >= 11 is 0. The van der Waals surface area contributed by atoms with Crippen molar-refractivity contribution < 1.29 is 9.59 Å². The van der Waals surface area contributed by atoms with Crippen LogP contribution < -0.4 is 0 Å². The maximum absolute atomic E-state index is 11.7. The van der Waals surface area contributed by atoms with Crippen LogP contribution in [0.1, 0.15) is 24.9 Å². The van der Waals surface area contributed by atoms with Crippen LogP contribution in [-0.4, -0.2) is 23.6 Å². The Morgan fingerprint density at radius 3 is 2.62 bits per heavy atom. The van der Waals surface area contributed by atoms with Crippen molar-refractivity contribution in [3.05, 3.63) is 35.9 Å². The number of carbonyl (C=O) groups excluding carboxylic acids is 2. The Bertz CT molecular complexity index is 388. The van der Waals surface area contributed by atoms with E-state index in [4.69, 9.17) is 0 Å². The van der Waals surface area contributed by atoms with Crippen LogP contribution >= 0.6 is 0 Å². The van der Waals surface area contributed by atoms with Crippen LogP contribution in [-0.2, 0) is 9.59 Å². The third-order valence-corrected chi connectivity index (χ3v) is 3.13. The summed E-state index contributed by atoms with van der Waals surface area (Å²) in [6.07, 6.45) is 1.25. The zero-order valence-corrected chi connectivity index (χ0v) is 9.30. The van der Waals surface area contributed by atoms with Crippen LogP contribution in [0.15, 0.2) is 30.3 Å². The molecule has 1 amide bonds. The fraction of sp³-hybridized carbons (Fsp3) is 0.385. The van der Waals surface area contributed by atoms with E-state index in [0.717, 1.165) is 11.8 Å². The Balaban J connectivity index is 2.14. The predicted octanol–water partition coefficient (Wildman–Crippen LogP) is 1.79. The van der Waals surface area contributed by atoms with Gasteiger partial charge in [0.05, 0.1) is 6.04 Å². The van der Waals surface area contributed by atoms with Gasteiger partial charge in [-0.2, -0.15) is 0 Å². The van der Waals surface area contributed by atoms with Crippen LogP contribution in [0.2, 0.25) is 0 Å². The normalized spacial score (nSPS) is 22.2. The molecule has 84 valence electrons. The molecule has 1 aliphatic rings. The maximum atomic E-state index is 11.7. The number of hydrogen-bond acceptors (Lipinski definition) is 2. The smallest absolute Gasteiger partial charge is 0.223 e. The topological polar surface area (TPSA) is 37.4 Å². The second-order valence-electron chi connectivity index (χ2n) is 4.23. The van der Waals surface area contributed by atoms with E-state index in [2.05, 4.69) is 0 Å². The van der Waals surface area contributed by atoms with E-state index in [9.17, 15) is 9.59 Å². The number of aldehydes is 1. The molecular formula is C13H15NO2. The van der Waals surface area contributed by atoms with E-state index in [0.29, 0.717) is 13.0 Å². The molecular weight excluding hydrogens is 202 g/mol. The molecule has 0 saturated carbocycles. The highest BCUT2D eigenvalue weighted by Crippen LogP contribution is 2.27. The van der Waals surface area contributed by atoms with Gasteiger partial charge in [0.1, 0.15) is 6.29 Å². The lowest BCUT2D eigenvalue weighted by Crippen LogP contribution is -2.28. The highest BCUT2D eigenvalue weighted by Gasteiger charge is 2.32. The second kappa shape index (κ2) is 4.47. The summed E-state index contributed by atoms with van der Waals surface area (Å²) in [6.45, 7) is 2.55. The lowest BCUT2D eigenvalue weighted by atomic mass is 10.1. The fourth-order valence-corrected chi connectivity index (χ4v) is 2.14. The van der Waals surface area contributed by atoms with Crippen molar-refractivity contribution in [2.24, 2.45) is 5.92 Å². The number of amides is 1. The Morgan fingerprint density at radius 2 is 2.06 bits per heavy atom. The van der Waals surface area contributed by atoms with E-state index in [-0.39, 0.29) is 17.9 Å². The zero-order chi connectivity index (χ0) is 11.5. The van der Waals surface area contributed by atoms with Gasteiger partial charge in [-0.3, -0.25) is 4.79 Å². The lowest BCUT2D eigenvalue weighted by Gasteiger charge is -2.24. The first kappa shape index (κ1) is 10.9. The highest BCUT2D eigenvalue weighted by atomic mass is 16.2. The molecule has 1 aromatic rings. The van der Waals surface area contributed by atoms with Crippen molar-refractivity contribution in [3.63, 3.8) is 0 Å². The van der Waals surface area contributed by atoms with Gasteiger partial charge in [-0.1, -0.05) is 30.3 Å². The summed E-state index contributed by atoms with van der Waals surface area (Å²) in [7, 11) is 0. The zero-order valence-electron chi connectivity index (χ0n) is 9.30. The number of nitrogens with zero attached hydrogens (tertiary/aromatic N) is 1. The van der Waals surface area contributed by atoms with Crippen LogP contribution in [0.4, 0.5) is 0 Å². The Morgan fingerprint density at radius 1 is 1.38 bits per heavy atom. The summed E-state index contributed by atoms with van der Waals surface area (Å²) < 4.78 is 0. The molecule has 3 nitrogen and oxygen atoms in total. The van der Waals surface area contributed by atoms with Crippen LogP contribution in [0.3, 0.4) is 0 Å². The number of benzene rings is 1. The number of rotatable bonds is 3. The van der Waals surface area contributed by atoms with Crippen molar-refractivity contribution in [3.8, 4) is 0 Å². The van der Waals surface area contributed by atoms with Gasteiger partial charge in [-0.05, 0) is 12.5 Å². The Kier molecular flexibility index (Phi) is 3.04. The molecule has 0 spiro atoms. The SMILES string of the molecule is C[C@H](c1ccccc1)N1CC(C=O)CC1=O. The third kappa shape index (κ3) is 1.98. The molecule has 0 bridgehead atoms. The first-order valence-corrected chi connectivity index (χ1v) is 5.52. The molecule has 3 heteroatoms. The van der Waals surface area contributed by atoms with Gasteiger partial charge in [0.2, 0.25) is 5.91 Å². The van der Waals surface area contributed by atoms with E-state index in [1.54, 1.807) is 4.90 Å². The van der Waals surface area contributed by atoms with E-state index >= 15 is 0 Å². The predicted molar refractivity (Wildman–Crippen MR) is 60.7 cm³/mol. The molecule has 1 aromatic carbocycles. The van der Waals surface area contributed by atoms with Crippen molar-refractivity contribution in [2.75, 3.05) is 6.54 Å². The van der Waals surface area contributed by atoms with Crippen molar-refractivity contribution in [2.45, 2.75) is 19.4 Å². The average Bonchev–Trinajstić information content (AvgIpc) is 2.71. The van der Waals surface area contributed by atoms with Crippen LogP contribution in [0, 0.1) is 5.92 Å². The molecule has 1 fully saturated rings. The molecule has 1 aliphatic heterocycles. The van der Waals surface area contributed by atoms with E-state index in [1.165, 1.54) is 0 Å². The third-order valence-electron chi connectivity index (χ3n) is 3.13. The van der Waals surface area contributed by atoms with Gasteiger partial charge in [0.15, 0.2) is 0 Å². The van der Waals surface area contributed by atoms with Gasteiger partial charge in [0, 0.05) is 18.9 Å². The van der Waals surface area contributed by atoms with Gasteiger partial charge < -0.3 is 9.69 Å². The van der Waals surface area contributed by atoms with E-state index < -0.39 is 0 Å². The lowest BCUT2D eigenvalue weighted by molar-refractivity contribution is -0.129. The first-order chi connectivity index (χ1) is 7.72. The summed E-state index contributed by atoms with van der Waals surface area (Å²) in [6, 6.07) is 9.94. The maximum Gasteiger partial charge on any atom is 0.223 e. The minimum Gasteiger partial charge on any atom is -0.335 e. The molecule has 1 heterocycles. The molecule has 0 N–H and O–H groups in total. The van der Waals surface area contributed by atoms with Gasteiger partial charge in [-0.25, -0.2) is 0 Å². The van der Waals surface area contributed by atoms with E-state index in [1.807, 2.05) is 37.3 Å². The fourth-order valence-electron chi connectivity index (χ4n) is 2.14. The molecule has 2 rings (SSSR count). The summed E-state index contributed by atoms with van der Waals surface area (Å²) in [5.41, 5.74) is 1.11. The van der Waals surface area contributed by atoms with Crippen molar-refractivity contribution >= 4 is 12.2 Å². The minimum absolute atomic E-state index is 0.0543. The quantitative estimate of drug-likeness (QED) is 0.724. The van der Waals surface area contributed by atoms with Crippen LogP contribution in [0.5, 0.6) is 0 Å². The van der Waals surface area contributed by atoms with Crippen molar-refractivity contribution in [1.82, 2.24) is 4.90 Å². The van der Waals surface area contributed by atoms with Crippen LogP contribution in [0.25, 0.3) is 0 Å². The molecule has 16 heavy (non-hydrogen) atoms. The summed E-state index contributed by atoms with van der Waals surface area (Å²) in [4.78, 5) is 24.2. The largest absolute Gasteiger partial charge is 0.335 e. The number of likely N-dealkylation sites (tertiary alicyclic amines) is 1. The molecule has 0 radical (unpaired) electrons. The molecule has 1 saturated heterocycles. The summed E-state index contributed by atoms with van der Waals surface area (Å²) in [5.74, 6) is -0.0490. The summed E-state index contributed by atoms with van der Waals surface area (Å²) in [5, 5.41) is 0. The molecule has 0 aromatic heterocycles. The standard InChI is InChI=1S/C13H15NO2/c1-10(12-5-3-2-4-6-12)14-8-11(9-15)7-13(14)16/h2-6,9-11H,7-8H2,1H3/t10-,11?/m1/s1. The monoisotopic (exact) mass is 217 g/mol.